The number of allylic oxidation sites excluding steroid dienone is 1. The molecule has 8 heavy (non-hydrogen) atoms. The summed E-state index contributed by atoms with van der Waals surface area (Å²) in [5.74, 6) is 0. The van der Waals surface area contributed by atoms with Crippen LogP contribution < -0.4 is 4.68 Å². The minimum absolute atomic E-state index is 0.729. The molecule has 0 radical (unpaired) electrons. The predicted octanol–water partition coefficient (Wildman–Crippen LogP) is -0.722. The predicted molar refractivity (Wildman–Crippen MR) is 26.8 cm³/mol. The van der Waals surface area contributed by atoms with Crippen LogP contribution in [0.3, 0.4) is 0 Å². The highest BCUT2D eigenvalue weighted by Crippen LogP contribution is 1.59. The van der Waals surface area contributed by atoms with E-state index in [-0.39, 0.29) is 0 Å². The molecule has 1 N–H and O–H groups in total. The first-order valence-electron chi connectivity index (χ1n) is 2.30. The Labute approximate surface area is 46.8 Å². The highest BCUT2D eigenvalue weighted by atomic mass is 15.5. The summed E-state index contributed by atoms with van der Waals surface area (Å²) in [6, 6.07) is 0. The molecule has 0 aliphatic heterocycles. The Morgan fingerprint density at radius 3 is 3.25 bits per heavy atom. The Hall–Kier alpha value is -1.19. The van der Waals surface area contributed by atoms with Crippen molar-refractivity contribution in [3.8, 4) is 0 Å². The van der Waals surface area contributed by atoms with Gasteiger partial charge in [0.1, 0.15) is 11.6 Å². The van der Waals surface area contributed by atoms with Gasteiger partial charge in [0.05, 0.1) is 0 Å². The van der Waals surface area contributed by atoms with E-state index in [2.05, 4.69) is 22.1 Å². The summed E-state index contributed by atoms with van der Waals surface area (Å²) < 4.78 is 1.72. The van der Waals surface area contributed by atoms with Crippen molar-refractivity contribution in [3.05, 3.63) is 19.0 Å². The molecule has 0 saturated carbocycles. The van der Waals surface area contributed by atoms with Crippen LogP contribution in [0.15, 0.2) is 19.0 Å². The first kappa shape index (κ1) is 4.96. The highest BCUT2D eigenvalue weighted by Gasteiger charge is 1.91. The molecule has 0 amide bonds. The van der Waals surface area contributed by atoms with E-state index in [1.54, 1.807) is 17.1 Å². The van der Waals surface area contributed by atoms with Gasteiger partial charge >= 0.3 is 0 Å². The number of hydrogen-bond donors (Lipinski definition) is 1. The van der Waals surface area contributed by atoms with Crippen molar-refractivity contribution in [1.82, 2.24) is 15.5 Å². The maximum atomic E-state index is 3.55. The average Bonchev–Trinajstić information content (AvgIpc) is 2.19. The number of aromatic nitrogens is 4. The molecule has 1 rings (SSSR count). The van der Waals surface area contributed by atoms with Crippen molar-refractivity contribution in [1.29, 1.82) is 0 Å². The minimum atomic E-state index is 0.729. The third-order valence-electron chi connectivity index (χ3n) is 0.748. The molecule has 4 nitrogen and oxygen atoms in total. The van der Waals surface area contributed by atoms with Gasteiger partial charge in [-0.2, -0.15) is 4.68 Å². The summed E-state index contributed by atoms with van der Waals surface area (Å²) >= 11 is 0. The molecule has 0 atom stereocenters. The Morgan fingerprint density at radius 2 is 2.75 bits per heavy atom. The van der Waals surface area contributed by atoms with Crippen LogP contribution >= 0.6 is 0 Å². The molecule has 0 spiro atoms. The fourth-order valence-electron chi connectivity index (χ4n) is 0.424. The molecule has 0 aliphatic rings. The fraction of sp³-hybridized carbons (Fsp3) is 0.250. The first-order chi connectivity index (χ1) is 3.93. The minimum Gasteiger partial charge on any atom is -0.161 e. The lowest BCUT2D eigenvalue weighted by molar-refractivity contribution is -0.745. The normalized spacial score (nSPS) is 9.00. The molecule has 1 heterocycles. The first-order valence-corrected chi connectivity index (χ1v) is 2.30. The number of H-pyrrole nitrogens is 1. The summed E-state index contributed by atoms with van der Waals surface area (Å²) in [6.07, 6.45) is 3.36. The van der Waals surface area contributed by atoms with Gasteiger partial charge in [-0.15, -0.1) is 0 Å². The van der Waals surface area contributed by atoms with Crippen LogP contribution in [-0.4, -0.2) is 15.5 Å². The molecule has 0 bridgehead atoms. The zero-order valence-electron chi connectivity index (χ0n) is 4.41. The molecular formula is C4H7N4+. The summed E-state index contributed by atoms with van der Waals surface area (Å²) in [5.41, 5.74) is 0. The number of tetrazole rings is 1. The molecule has 0 saturated heterocycles. The number of nitrogens with one attached hydrogen (secondary N) is 1. The van der Waals surface area contributed by atoms with Gasteiger partial charge in [-0.1, -0.05) is 17.9 Å². The van der Waals surface area contributed by atoms with Gasteiger partial charge in [-0.25, -0.2) is 0 Å². The second-order valence-corrected chi connectivity index (χ2v) is 1.37. The molecule has 0 aromatic carbocycles. The summed E-state index contributed by atoms with van der Waals surface area (Å²) in [6.45, 7) is 4.27. The van der Waals surface area contributed by atoms with Crippen molar-refractivity contribution in [2.45, 2.75) is 6.54 Å². The molecule has 0 aliphatic carbocycles. The summed E-state index contributed by atoms with van der Waals surface area (Å²) in [7, 11) is 0. The number of nitrogens with zero attached hydrogens (tertiary/aromatic N) is 3. The lowest BCUT2D eigenvalue weighted by atomic mass is 10.6. The second-order valence-electron chi connectivity index (χ2n) is 1.37. The van der Waals surface area contributed by atoms with Gasteiger partial charge in [0, 0.05) is 0 Å². The van der Waals surface area contributed by atoms with E-state index in [1.807, 2.05) is 0 Å². The molecule has 4 heteroatoms. The number of rotatable bonds is 2. The van der Waals surface area contributed by atoms with E-state index < -0.39 is 0 Å². The number of aromatic amines is 1. The number of hydrogen-bond acceptors (Lipinski definition) is 2. The van der Waals surface area contributed by atoms with E-state index in [4.69, 9.17) is 0 Å². The van der Waals surface area contributed by atoms with Gasteiger partial charge in [0.15, 0.2) is 5.21 Å². The second kappa shape index (κ2) is 2.20. The van der Waals surface area contributed by atoms with Crippen LogP contribution in [0.4, 0.5) is 0 Å². The summed E-state index contributed by atoms with van der Waals surface area (Å²) in [5, 5.41) is 9.65. The highest BCUT2D eigenvalue weighted by molar-refractivity contribution is 4.56. The van der Waals surface area contributed by atoms with Crippen LogP contribution in [0.25, 0.3) is 0 Å². The topological polar surface area (TPSA) is 45.5 Å². The monoisotopic (exact) mass is 111 g/mol. The fourth-order valence-corrected chi connectivity index (χ4v) is 0.424. The molecular weight excluding hydrogens is 104 g/mol. The van der Waals surface area contributed by atoms with Gasteiger partial charge < -0.3 is 0 Å². The van der Waals surface area contributed by atoms with E-state index in [1.165, 1.54) is 0 Å². The smallest absolute Gasteiger partial charge is 0.161 e. The summed E-state index contributed by atoms with van der Waals surface area (Å²) in [4.78, 5) is 0. The quantitative estimate of drug-likeness (QED) is 0.404. The van der Waals surface area contributed by atoms with Gasteiger partial charge in [-0.3, -0.25) is 0 Å². The van der Waals surface area contributed by atoms with Crippen molar-refractivity contribution in [2.24, 2.45) is 0 Å². The van der Waals surface area contributed by atoms with Gasteiger partial charge in [0.2, 0.25) is 0 Å². The van der Waals surface area contributed by atoms with Gasteiger partial charge in [0.25, 0.3) is 6.33 Å². The Balaban J connectivity index is 2.62. The van der Waals surface area contributed by atoms with Crippen molar-refractivity contribution < 1.29 is 4.68 Å². The van der Waals surface area contributed by atoms with Crippen LogP contribution in [0.5, 0.6) is 0 Å². The van der Waals surface area contributed by atoms with E-state index in [0.717, 1.165) is 6.54 Å². The standard InChI is InChI=1S/C4H6N4/c1-2-3-8-4-5-6-7-8/h2,4H,1,3H2/p+1. The lowest BCUT2D eigenvalue weighted by Gasteiger charge is -1.80. The van der Waals surface area contributed by atoms with Crippen molar-refractivity contribution >= 4 is 0 Å². The zero-order valence-corrected chi connectivity index (χ0v) is 4.41. The molecule has 42 valence electrons. The van der Waals surface area contributed by atoms with E-state index >= 15 is 0 Å². The van der Waals surface area contributed by atoms with E-state index in [0.29, 0.717) is 0 Å². The zero-order chi connectivity index (χ0) is 5.82. The largest absolute Gasteiger partial charge is 0.288 e. The molecule has 1 aromatic rings. The lowest BCUT2D eigenvalue weighted by Crippen LogP contribution is -2.33. The third kappa shape index (κ3) is 0.900. The van der Waals surface area contributed by atoms with Crippen LogP contribution in [0, 0.1) is 0 Å². The van der Waals surface area contributed by atoms with Crippen LogP contribution in [0.1, 0.15) is 0 Å². The SMILES string of the molecule is C=CC[n+]1cnn[nH]1. The van der Waals surface area contributed by atoms with E-state index in [9.17, 15) is 0 Å². The Morgan fingerprint density at radius 1 is 1.88 bits per heavy atom. The third-order valence-corrected chi connectivity index (χ3v) is 0.748. The van der Waals surface area contributed by atoms with Crippen molar-refractivity contribution in [3.63, 3.8) is 0 Å². The van der Waals surface area contributed by atoms with Crippen LogP contribution in [-0.2, 0) is 6.54 Å². The maximum Gasteiger partial charge on any atom is 0.288 e. The Bertz CT molecular complexity index is 155. The Kier molecular flexibility index (Phi) is 1.37. The average molecular weight is 111 g/mol. The van der Waals surface area contributed by atoms with Gasteiger partial charge in [-0.05, 0) is 0 Å². The van der Waals surface area contributed by atoms with Crippen molar-refractivity contribution in [2.75, 3.05) is 0 Å². The molecule has 0 fully saturated rings. The maximum absolute atomic E-state index is 3.55. The molecule has 1 aromatic heterocycles. The molecule has 0 unspecified atom stereocenters. The van der Waals surface area contributed by atoms with Crippen LogP contribution in [0.2, 0.25) is 0 Å².